The highest BCUT2D eigenvalue weighted by molar-refractivity contribution is 5.18. The molecule has 30 heavy (non-hydrogen) atoms. The molecule has 0 amide bonds. The van der Waals surface area contributed by atoms with Crippen LogP contribution in [0.2, 0.25) is 0 Å². The van der Waals surface area contributed by atoms with E-state index in [1.54, 1.807) is 0 Å². The van der Waals surface area contributed by atoms with Crippen molar-refractivity contribution in [2.24, 2.45) is 58.2 Å². The normalized spacial score (nSPS) is 49.5. The molecule has 0 radical (unpaired) electrons. The van der Waals surface area contributed by atoms with Gasteiger partial charge in [-0.2, -0.15) is 0 Å². The third-order valence-electron chi connectivity index (χ3n) is 11.2. The van der Waals surface area contributed by atoms with Crippen molar-refractivity contribution in [2.75, 3.05) is 0 Å². The Kier molecular flexibility index (Phi) is 6.10. The van der Waals surface area contributed by atoms with Crippen molar-refractivity contribution in [3.8, 4) is 0 Å². The smallest absolute Gasteiger partial charge is 0.0568 e. The molecule has 0 aromatic carbocycles. The molecule has 0 aliphatic heterocycles. The highest BCUT2D eigenvalue weighted by Crippen LogP contribution is 2.68. The molecule has 170 valence electrons. The molecule has 1 N–H and O–H groups in total. The van der Waals surface area contributed by atoms with Gasteiger partial charge in [0.2, 0.25) is 0 Å². The Labute approximate surface area is 186 Å². The highest BCUT2D eigenvalue weighted by atomic mass is 16.3. The number of aliphatic hydroxyl groups excluding tert-OH is 1. The Morgan fingerprint density at radius 3 is 2.23 bits per heavy atom. The molecule has 10 unspecified atom stereocenters. The molecule has 0 bridgehead atoms. The van der Waals surface area contributed by atoms with E-state index in [1.165, 1.54) is 50.5 Å². The van der Waals surface area contributed by atoms with Gasteiger partial charge in [-0.1, -0.05) is 65.8 Å². The maximum atomic E-state index is 10.5. The van der Waals surface area contributed by atoms with Crippen LogP contribution in [-0.4, -0.2) is 11.2 Å². The molecule has 0 aromatic heterocycles. The second-order valence-electron chi connectivity index (χ2n) is 12.7. The zero-order chi connectivity index (χ0) is 21.8. The van der Waals surface area contributed by atoms with Crippen LogP contribution in [0.3, 0.4) is 0 Å². The molecule has 4 saturated carbocycles. The second-order valence-corrected chi connectivity index (χ2v) is 12.7. The van der Waals surface area contributed by atoms with Crippen molar-refractivity contribution in [2.45, 2.75) is 99.0 Å². The summed E-state index contributed by atoms with van der Waals surface area (Å²) in [7, 11) is 0. The Morgan fingerprint density at radius 2 is 1.53 bits per heavy atom. The van der Waals surface area contributed by atoms with Crippen LogP contribution < -0.4 is 0 Å². The number of fused-ring (bicyclic) bond motifs is 5. The van der Waals surface area contributed by atoms with Gasteiger partial charge in [0.1, 0.15) is 0 Å². The van der Waals surface area contributed by atoms with E-state index in [9.17, 15) is 5.11 Å². The molecule has 0 saturated heterocycles. The van der Waals surface area contributed by atoms with Crippen molar-refractivity contribution in [1.29, 1.82) is 0 Å². The minimum atomic E-state index is -0.0578. The Morgan fingerprint density at radius 1 is 0.900 bits per heavy atom. The van der Waals surface area contributed by atoms with Crippen molar-refractivity contribution < 1.29 is 5.11 Å². The molecule has 4 aliphatic rings. The molecule has 10 atom stereocenters. The molecule has 0 spiro atoms. The second kappa shape index (κ2) is 8.09. The summed E-state index contributed by atoms with van der Waals surface area (Å²) in [6.07, 6.45) is 15.5. The molecule has 0 heterocycles. The topological polar surface area (TPSA) is 20.2 Å². The van der Waals surface area contributed by atoms with Crippen molar-refractivity contribution >= 4 is 0 Å². The van der Waals surface area contributed by atoms with Gasteiger partial charge >= 0.3 is 0 Å². The summed E-state index contributed by atoms with van der Waals surface area (Å²) in [5, 5.41) is 10.5. The maximum absolute atomic E-state index is 10.5. The highest BCUT2D eigenvalue weighted by Gasteiger charge is 2.61. The van der Waals surface area contributed by atoms with Crippen LogP contribution >= 0.6 is 0 Å². The lowest BCUT2D eigenvalue weighted by molar-refractivity contribution is -0.148. The number of hydrogen-bond acceptors (Lipinski definition) is 1. The van der Waals surface area contributed by atoms with Gasteiger partial charge in [0.15, 0.2) is 0 Å². The number of rotatable bonds is 4. The fourth-order valence-corrected chi connectivity index (χ4v) is 9.22. The average Bonchev–Trinajstić information content (AvgIpc) is 3.06. The SMILES string of the molecule is C=C(C=CC(C)C1CCC2C3CCC4C(C)C(O)CCC4(C)C3CCC12C)C(C)C. The Hall–Kier alpha value is -0.560. The minimum Gasteiger partial charge on any atom is -0.393 e. The lowest BCUT2D eigenvalue weighted by atomic mass is 9.43. The van der Waals surface area contributed by atoms with Crippen LogP contribution in [0.1, 0.15) is 92.9 Å². The van der Waals surface area contributed by atoms with E-state index in [0.717, 1.165) is 36.0 Å². The van der Waals surface area contributed by atoms with E-state index in [-0.39, 0.29) is 6.10 Å². The fraction of sp³-hybridized carbons (Fsp3) is 0.862. The van der Waals surface area contributed by atoms with Crippen molar-refractivity contribution in [3.05, 3.63) is 24.3 Å². The van der Waals surface area contributed by atoms with Crippen LogP contribution in [0.4, 0.5) is 0 Å². The molecular formula is C29H48O. The van der Waals surface area contributed by atoms with Crippen LogP contribution in [0, 0.1) is 58.2 Å². The van der Waals surface area contributed by atoms with Crippen LogP contribution in [0.5, 0.6) is 0 Å². The number of allylic oxidation sites excluding steroid dienone is 3. The van der Waals surface area contributed by atoms with E-state index in [4.69, 9.17) is 0 Å². The largest absolute Gasteiger partial charge is 0.393 e. The summed E-state index contributed by atoms with van der Waals surface area (Å²) in [5.41, 5.74) is 2.26. The van der Waals surface area contributed by atoms with Crippen LogP contribution in [0.15, 0.2) is 24.3 Å². The van der Waals surface area contributed by atoms with Gasteiger partial charge in [0.05, 0.1) is 6.10 Å². The average molecular weight is 413 g/mol. The molecule has 4 rings (SSSR count). The van der Waals surface area contributed by atoms with Gasteiger partial charge in [0.25, 0.3) is 0 Å². The monoisotopic (exact) mass is 412 g/mol. The third-order valence-corrected chi connectivity index (χ3v) is 11.2. The lowest BCUT2D eigenvalue weighted by Gasteiger charge is -2.62. The summed E-state index contributed by atoms with van der Waals surface area (Å²) in [5.74, 6) is 6.02. The van der Waals surface area contributed by atoms with Crippen LogP contribution in [0.25, 0.3) is 0 Å². The Balaban J connectivity index is 1.52. The molecule has 1 nitrogen and oxygen atoms in total. The van der Waals surface area contributed by atoms with E-state index in [2.05, 4.69) is 60.3 Å². The number of aliphatic hydroxyl groups is 1. The van der Waals surface area contributed by atoms with Gasteiger partial charge in [0, 0.05) is 0 Å². The van der Waals surface area contributed by atoms with Crippen LogP contribution in [-0.2, 0) is 0 Å². The van der Waals surface area contributed by atoms with E-state index in [0.29, 0.717) is 28.6 Å². The molecule has 4 aliphatic carbocycles. The van der Waals surface area contributed by atoms with Gasteiger partial charge < -0.3 is 5.11 Å². The summed E-state index contributed by atoms with van der Waals surface area (Å²) in [6.45, 7) is 18.8. The zero-order valence-electron chi connectivity index (χ0n) is 20.7. The van der Waals surface area contributed by atoms with Crippen molar-refractivity contribution in [1.82, 2.24) is 0 Å². The maximum Gasteiger partial charge on any atom is 0.0568 e. The first-order valence-corrected chi connectivity index (χ1v) is 13.1. The standard InChI is InChI=1S/C29H48O/c1-18(2)19(3)8-9-20(4)23-12-13-25-22-10-11-24-21(5)27(30)15-17-29(24,7)26(22)14-16-28(23,25)6/h8-9,18,20-27,30H,3,10-17H2,1-2,4-7H3. The molecule has 1 heteroatoms. The van der Waals surface area contributed by atoms with E-state index in [1.807, 2.05) is 0 Å². The van der Waals surface area contributed by atoms with Gasteiger partial charge in [-0.05, 0) is 110 Å². The van der Waals surface area contributed by atoms with E-state index >= 15 is 0 Å². The summed E-state index contributed by atoms with van der Waals surface area (Å²) in [4.78, 5) is 0. The van der Waals surface area contributed by atoms with Gasteiger partial charge in [-0.25, -0.2) is 0 Å². The Bertz CT molecular complexity index is 676. The molecular weight excluding hydrogens is 364 g/mol. The lowest BCUT2D eigenvalue weighted by Crippen LogP contribution is -2.56. The summed E-state index contributed by atoms with van der Waals surface area (Å²) >= 11 is 0. The molecule has 0 aromatic rings. The first-order valence-electron chi connectivity index (χ1n) is 13.1. The number of hydrogen-bond donors (Lipinski definition) is 1. The third kappa shape index (κ3) is 3.46. The summed E-state index contributed by atoms with van der Waals surface area (Å²) < 4.78 is 0. The minimum absolute atomic E-state index is 0.0578. The first kappa shape index (κ1) is 22.6. The van der Waals surface area contributed by atoms with Crippen molar-refractivity contribution in [3.63, 3.8) is 0 Å². The quantitative estimate of drug-likeness (QED) is 0.470. The zero-order valence-corrected chi connectivity index (χ0v) is 20.7. The van der Waals surface area contributed by atoms with Gasteiger partial charge in [-0.15, -0.1) is 0 Å². The predicted octanol–water partition coefficient (Wildman–Crippen LogP) is 7.66. The first-order chi connectivity index (χ1) is 14.1. The fourth-order valence-electron chi connectivity index (χ4n) is 9.22. The van der Waals surface area contributed by atoms with E-state index < -0.39 is 0 Å². The molecule has 4 fully saturated rings. The van der Waals surface area contributed by atoms with Gasteiger partial charge in [-0.3, -0.25) is 0 Å². The predicted molar refractivity (Wildman–Crippen MR) is 128 cm³/mol. The summed E-state index contributed by atoms with van der Waals surface area (Å²) in [6, 6.07) is 0.